The molecule has 0 aliphatic carbocycles. The highest BCUT2D eigenvalue weighted by atomic mass is 16.1. The largest absolute Gasteiger partial charge is 0.398 e. The van der Waals surface area contributed by atoms with Crippen LogP contribution in [-0.4, -0.2) is 15.7 Å². The van der Waals surface area contributed by atoms with E-state index in [1.807, 2.05) is 32.0 Å². The van der Waals surface area contributed by atoms with Gasteiger partial charge in [-0.05, 0) is 25.5 Å². The Morgan fingerprint density at radius 3 is 2.72 bits per heavy atom. The van der Waals surface area contributed by atoms with Gasteiger partial charge in [0, 0.05) is 18.8 Å². The molecule has 18 heavy (non-hydrogen) atoms. The van der Waals surface area contributed by atoms with Gasteiger partial charge in [-0.25, -0.2) is 0 Å². The summed E-state index contributed by atoms with van der Waals surface area (Å²) in [6.07, 6.45) is 0. The highest BCUT2D eigenvalue weighted by Crippen LogP contribution is 2.18. The monoisotopic (exact) mass is 244 g/mol. The molecule has 0 saturated heterocycles. The maximum absolute atomic E-state index is 12.1. The number of hydrogen-bond acceptors (Lipinski definition) is 3. The second-order valence-electron chi connectivity index (χ2n) is 4.28. The summed E-state index contributed by atoms with van der Waals surface area (Å²) < 4.78 is 1.62. The molecule has 0 spiro atoms. The lowest BCUT2D eigenvalue weighted by atomic mass is 10.1. The van der Waals surface area contributed by atoms with Gasteiger partial charge in [0.25, 0.3) is 5.91 Å². The van der Waals surface area contributed by atoms with Crippen LogP contribution in [-0.2, 0) is 7.05 Å². The van der Waals surface area contributed by atoms with Crippen LogP contribution in [0.15, 0.2) is 24.3 Å². The number of para-hydroxylation sites is 1. The number of aromatic nitrogens is 2. The Morgan fingerprint density at radius 1 is 1.39 bits per heavy atom. The van der Waals surface area contributed by atoms with Crippen molar-refractivity contribution in [2.75, 3.05) is 11.1 Å². The molecule has 3 N–H and O–H groups in total. The van der Waals surface area contributed by atoms with Crippen molar-refractivity contribution in [1.29, 1.82) is 0 Å². The predicted molar refractivity (Wildman–Crippen MR) is 71.5 cm³/mol. The van der Waals surface area contributed by atoms with Crippen molar-refractivity contribution in [3.63, 3.8) is 0 Å². The Balaban J connectivity index is 2.27. The first-order valence-electron chi connectivity index (χ1n) is 5.66. The second-order valence-corrected chi connectivity index (χ2v) is 4.28. The molecule has 1 aromatic heterocycles. The molecule has 5 heteroatoms. The summed E-state index contributed by atoms with van der Waals surface area (Å²) >= 11 is 0. The van der Waals surface area contributed by atoms with E-state index in [9.17, 15) is 4.79 Å². The Kier molecular flexibility index (Phi) is 3.06. The molecule has 94 valence electrons. The molecule has 0 aliphatic rings. The average molecular weight is 244 g/mol. The molecule has 0 bridgehead atoms. The molecule has 0 fully saturated rings. The lowest BCUT2D eigenvalue weighted by Crippen LogP contribution is -2.16. The first kappa shape index (κ1) is 12.2. The zero-order valence-electron chi connectivity index (χ0n) is 10.7. The second kappa shape index (κ2) is 4.52. The lowest BCUT2D eigenvalue weighted by Gasteiger charge is -2.09. The fourth-order valence-corrected chi connectivity index (χ4v) is 1.79. The molecule has 1 amide bonds. The summed E-state index contributed by atoms with van der Waals surface area (Å²) in [6, 6.07) is 7.21. The van der Waals surface area contributed by atoms with E-state index >= 15 is 0 Å². The number of nitrogens with one attached hydrogen (secondary N) is 1. The molecule has 1 heterocycles. The third-order valence-electron chi connectivity index (χ3n) is 2.81. The van der Waals surface area contributed by atoms with Crippen LogP contribution >= 0.6 is 0 Å². The number of carbonyl (C=O) groups is 1. The van der Waals surface area contributed by atoms with Crippen molar-refractivity contribution in [1.82, 2.24) is 9.78 Å². The van der Waals surface area contributed by atoms with Crippen LogP contribution < -0.4 is 11.1 Å². The van der Waals surface area contributed by atoms with E-state index in [4.69, 9.17) is 5.73 Å². The summed E-state index contributed by atoms with van der Waals surface area (Å²) in [7, 11) is 1.78. The van der Waals surface area contributed by atoms with Crippen LogP contribution in [0.25, 0.3) is 0 Å². The van der Waals surface area contributed by atoms with Crippen molar-refractivity contribution in [2.24, 2.45) is 7.05 Å². The summed E-state index contributed by atoms with van der Waals surface area (Å²) in [5.41, 5.74) is 8.63. The molecule has 0 saturated carbocycles. The van der Waals surface area contributed by atoms with Crippen molar-refractivity contribution in [3.8, 4) is 0 Å². The van der Waals surface area contributed by atoms with Gasteiger partial charge in [-0.3, -0.25) is 9.48 Å². The average Bonchev–Trinajstić information content (AvgIpc) is 2.61. The molecule has 0 atom stereocenters. The van der Waals surface area contributed by atoms with Gasteiger partial charge in [-0.15, -0.1) is 0 Å². The van der Waals surface area contributed by atoms with Gasteiger partial charge in [-0.1, -0.05) is 12.1 Å². The molecule has 0 radical (unpaired) electrons. The summed E-state index contributed by atoms with van der Waals surface area (Å²) in [6.45, 7) is 3.75. The highest BCUT2D eigenvalue weighted by molar-refractivity contribution is 6.07. The van der Waals surface area contributed by atoms with Crippen LogP contribution in [0.3, 0.4) is 0 Å². The molecule has 2 aromatic rings. The number of rotatable bonds is 2. The highest BCUT2D eigenvalue weighted by Gasteiger charge is 2.13. The molecule has 0 unspecified atom stereocenters. The quantitative estimate of drug-likeness (QED) is 0.792. The number of carbonyl (C=O) groups excluding carboxylic acids is 1. The van der Waals surface area contributed by atoms with E-state index in [-0.39, 0.29) is 5.91 Å². The van der Waals surface area contributed by atoms with Gasteiger partial charge < -0.3 is 11.1 Å². The van der Waals surface area contributed by atoms with Gasteiger partial charge in [0.1, 0.15) is 5.82 Å². The Morgan fingerprint density at radius 2 is 2.11 bits per heavy atom. The van der Waals surface area contributed by atoms with Crippen molar-refractivity contribution in [2.45, 2.75) is 13.8 Å². The van der Waals surface area contributed by atoms with E-state index in [1.165, 1.54) is 0 Å². The zero-order valence-corrected chi connectivity index (χ0v) is 10.7. The fourth-order valence-electron chi connectivity index (χ4n) is 1.79. The number of amides is 1. The van der Waals surface area contributed by atoms with E-state index in [1.54, 1.807) is 17.8 Å². The number of benzene rings is 1. The number of nitrogen functional groups attached to an aromatic ring is 1. The SMILES string of the molecule is Cc1cc(NC(=O)c2cccc(C)c2N)n(C)n1. The normalized spacial score (nSPS) is 10.4. The van der Waals surface area contributed by atoms with E-state index in [2.05, 4.69) is 10.4 Å². The summed E-state index contributed by atoms with van der Waals surface area (Å²) in [5, 5.41) is 6.97. The fraction of sp³-hybridized carbons (Fsp3) is 0.231. The van der Waals surface area contributed by atoms with Gasteiger partial charge in [-0.2, -0.15) is 5.10 Å². The van der Waals surface area contributed by atoms with Crippen LogP contribution in [0.2, 0.25) is 0 Å². The molecule has 0 aliphatic heterocycles. The van der Waals surface area contributed by atoms with Crippen LogP contribution in [0, 0.1) is 13.8 Å². The molecule has 5 nitrogen and oxygen atoms in total. The molecular weight excluding hydrogens is 228 g/mol. The number of anilines is 2. The Labute approximate surface area is 106 Å². The van der Waals surface area contributed by atoms with Gasteiger partial charge >= 0.3 is 0 Å². The molecular formula is C13H16N4O. The van der Waals surface area contributed by atoms with Crippen molar-refractivity contribution < 1.29 is 4.79 Å². The maximum atomic E-state index is 12.1. The van der Waals surface area contributed by atoms with Crippen LogP contribution in [0.1, 0.15) is 21.6 Å². The molecule has 1 aromatic carbocycles. The third-order valence-corrected chi connectivity index (χ3v) is 2.81. The smallest absolute Gasteiger partial charge is 0.258 e. The van der Waals surface area contributed by atoms with Crippen molar-refractivity contribution in [3.05, 3.63) is 41.1 Å². The first-order chi connectivity index (χ1) is 8.49. The lowest BCUT2D eigenvalue weighted by molar-refractivity contribution is 0.102. The van der Waals surface area contributed by atoms with Gasteiger partial charge in [0.05, 0.1) is 11.3 Å². The number of nitrogens with two attached hydrogens (primary N) is 1. The van der Waals surface area contributed by atoms with Gasteiger partial charge in [0.2, 0.25) is 0 Å². The van der Waals surface area contributed by atoms with Gasteiger partial charge in [0.15, 0.2) is 0 Å². The Bertz CT molecular complexity index is 601. The standard InChI is InChI=1S/C13H16N4O/c1-8-5-4-6-10(12(8)14)13(18)15-11-7-9(2)16-17(11)3/h4-7H,14H2,1-3H3,(H,15,18). The van der Waals surface area contributed by atoms with Crippen LogP contribution in [0.5, 0.6) is 0 Å². The Hall–Kier alpha value is -2.30. The van der Waals surface area contributed by atoms with E-state index in [0.717, 1.165) is 11.3 Å². The molecule has 2 rings (SSSR count). The third kappa shape index (κ3) is 2.20. The van der Waals surface area contributed by atoms with E-state index in [0.29, 0.717) is 17.1 Å². The first-order valence-corrected chi connectivity index (χ1v) is 5.66. The minimum atomic E-state index is -0.223. The number of nitrogens with zero attached hydrogens (tertiary/aromatic N) is 2. The minimum Gasteiger partial charge on any atom is -0.398 e. The summed E-state index contributed by atoms with van der Waals surface area (Å²) in [4.78, 5) is 12.1. The maximum Gasteiger partial charge on any atom is 0.258 e. The zero-order chi connectivity index (χ0) is 13.3. The predicted octanol–water partition coefficient (Wildman–Crippen LogP) is 1.87. The topological polar surface area (TPSA) is 72.9 Å². The van der Waals surface area contributed by atoms with Crippen LogP contribution in [0.4, 0.5) is 11.5 Å². The number of aryl methyl sites for hydroxylation is 3. The minimum absolute atomic E-state index is 0.223. The van der Waals surface area contributed by atoms with Crippen molar-refractivity contribution >= 4 is 17.4 Å². The number of hydrogen-bond donors (Lipinski definition) is 2. The van der Waals surface area contributed by atoms with E-state index < -0.39 is 0 Å². The summed E-state index contributed by atoms with van der Waals surface area (Å²) in [5.74, 6) is 0.428.